The molecule has 0 radical (unpaired) electrons. The van der Waals surface area contributed by atoms with Crippen molar-refractivity contribution in [2.45, 2.75) is 112 Å². The van der Waals surface area contributed by atoms with Gasteiger partial charge in [-0.3, -0.25) is 9.59 Å². The standard InChI is InChI=1S/C31H48N2O3/c1-20(2)21-10-12-30(6)23(29(21,5)11-9-17-32)18-24(34)33-25-22-19-28(4,26(35)36-8)14-13-27(22,3)15-16-31(25,30)7/h21-23,25H,1,9-16,18-19H2,2-8H3,(H,33,34)/t21-,22-,23+,25-,27+,28+,29-,30+,31+/m0/s1. The third-order valence-electron chi connectivity index (χ3n) is 12.5. The molecule has 200 valence electrons. The van der Waals surface area contributed by atoms with Crippen LogP contribution in [0.1, 0.15) is 106 Å². The molecule has 0 aromatic rings. The number of methoxy groups -OCH3 is 1. The third kappa shape index (κ3) is 3.76. The number of hydrogen-bond donors (Lipinski definition) is 1. The van der Waals surface area contributed by atoms with E-state index in [9.17, 15) is 14.9 Å². The summed E-state index contributed by atoms with van der Waals surface area (Å²) in [5.41, 5.74) is 0.510. The van der Waals surface area contributed by atoms with Crippen LogP contribution < -0.4 is 5.32 Å². The lowest BCUT2D eigenvalue weighted by atomic mass is 9.38. The van der Waals surface area contributed by atoms with Crippen molar-refractivity contribution < 1.29 is 14.3 Å². The van der Waals surface area contributed by atoms with Gasteiger partial charge >= 0.3 is 5.97 Å². The summed E-state index contributed by atoms with van der Waals surface area (Å²) in [6.45, 7) is 18.2. The molecular formula is C31H48N2O3. The van der Waals surface area contributed by atoms with Gasteiger partial charge in [0.25, 0.3) is 0 Å². The van der Waals surface area contributed by atoms with Gasteiger partial charge in [-0.25, -0.2) is 0 Å². The second-order valence-electron chi connectivity index (χ2n) is 14.3. The largest absolute Gasteiger partial charge is 0.469 e. The summed E-state index contributed by atoms with van der Waals surface area (Å²) in [6.07, 6.45) is 8.74. The molecule has 1 saturated heterocycles. The molecule has 0 bridgehead atoms. The Morgan fingerprint density at radius 1 is 1.11 bits per heavy atom. The molecule has 1 amide bonds. The van der Waals surface area contributed by atoms with E-state index in [0.717, 1.165) is 51.4 Å². The fourth-order valence-electron chi connectivity index (χ4n) is 9.85. The minimum atomic E-state index is -0.507. The summed E-state index contributed by atoms with van der Waals surface area (Å²) in [5, 5.41) is 13.1. The minimum Gasteiger partial charge on any atom is -0.469 e. The van der Waals surface area contributed by atoms with E-state index in [4.69, 9.17) is 4.74 Å². The predicted octanol–water partition coefficient (Wildman–Crippen LogP) is 6.58. The van der Waals surface area contributed by atoms with Crippen molar-refractivity contribution in [2.75, 3.05) is 7.11 Å². The second-order valence-corrected chi connectivity index (χ2v) is 14.3. The SMILES string of the molecule is C=C(C)[C@@H]1CC[C@]2(C)[C@H](CC(=O)N[C@H]3[C@@H]4C[C@](C)(C(=O)OC)CC[C@]4(C)CC[C@]32C)[C@@]1(C)CCC#N. The molecule has 0 aromatic heterocycles. The van der Waals surface area contributed by atoms with E-state index in [1.165, 1.54) is 12.7 Å². The zero-order valence-electron chi connectivity index (χ0n) is 23.8. The number of nitriles is 1. The van der Waals surface area contributed by atoms with E-state index < -0.39 is 5.41 Å². The number of rotatable bonds is 4. The maximum atomic E-state index is 13.8. The Morgan fingerprint density at radius 3 is 2.39 bits per heavy atom. The molecular weight excluding hydrogens is 448 g/mol. The van der Waals surface area contributed by atoms with Gasteiger partial charge in [0, 0.05) is 18.9 Å². The Labute approximate surface area is 218 Å². The number of ether oxygens (including phenoxy) is 1. The van der Waals surface area contributed by atoms with E-state index >= 15 is 0 Å². The second kappa shape index (κ2) is 8.88. The highest BCUT2D eigenvalue weighted by molar-refractivity contribution is 5.78. The molecule has 0 aromatic carbocycles. The predicted molar refractivity (Wildman–Crippen MR) is 142 cm³/mol. The molecule has 4 aliphatic rings. The van der Waals surface area contributed by atoms with Crippen LogP contribution in [0, 0.1) is 56.2 Å². The van der Waals surface area contributed by atoms with E-state index in [-0.39, 0.29) is 51.4 Å². The number of allylic oxidation sites excluding steroid dienone is 1. The van der Waals surface area contributed by atoms with Gasteiger partial charge in [-0.2, -0.15) is 5.26 Å². The molecule has 5 heteroatoms. The Bertz CT molecular complexity index is 985. The van der Waals surface area contributed by atoms with Gasteiger partial charge in [-0.1, -0.05) is 39.8 Å². The van der Waals surface area contributed by atoms with Crippen LogP contribution in [0.15, 0.2) is 12.2 Å². The lowest BCUT2D eigenvalue weighted by molar-refractivity contribution is -0.178. The van der Waals surface area contributed by atoms with Crippen LogP contribution in [-0.2, 0) is 14.3 Å². The van der Waals surface area contributed by atoms with Gasteiger partial charge in [0.2, 0.25) is 5.91 Å². The number of nitrogens with one attached hydrogen (secondary N) is 1. The average molecular weight is 497 g/mol. The molecule has 36 heavy (non-hydrogen) atoms. The van der Waals surface area contributed by atoms with Crippen LogP contribution in [0.3, 0.4) is 0 Å². The summed E-state index contributed by atoms with van der Waals surface area (Å²) in [4.78, 5) is 26.6. The first kappa shape index (κ1) is 27.2. The Kier molecular flexibility index (Phi) is 6.71. The number of carbonyl (C=O) groups excluding carboxylic acids is 2. The lowest BCUT2D eigenvalue weighted by Crippen LogP contribution is -2.66. The Balaban J connectivity index is 1.81. The smallest absolute Gasteiger partial charge is 0.311 e. The van der Waals surface area contributed by atoms with Gasteiger partial charge in [0.05, 0.1) is 18.6 Å². The maximum Gasteiger partial charge on any atom is 0.311 e. The van der Waals surface area contributed by atoms with Crippen molar-refractivity contribution in [3.63, 3.8) is 0 Å². The first-order valence-corrected chi connectivity index (χ1v) is 14.1. The molecule has 9 atom stereocenters. The number of esters is 1. The molecule has 5 nitrogen and oxygen atoms in total. The first-order valence-electron chi connectivity index (χ1n) is 14.1. The highest BCUT2D eigenvalue weighted by atomic mass is 16.5. The van der Waals surface area contributed by atoms with Crippen molar-refractivity contribution in [3.8, 4) is 6.07 Å². The van der Waals surface area contributed by atoms with Crippen molar-refractivity contribution in [1.82, 2.24) is 5.32 Å². The third-order valence-corrected chi connectivity index (χ3v) is 12.5. The quantitative estimate of drug-likeness (QED) is 0.352. The zero-order chi connectivity index (χ0) is 26.7. The van der Waals surface area contributed by atoms with E-state index in [1.54, 1.807) is 0 Å². The zero-order valence-corrected chi connectivity index (χ0v) is 23.8. The average Bonchev–Trinajstić information content (AvgIpc) is 2.91. The molecule has 1 aliphatic heterocycles. The molecule has 3 saturated carbocycles. The maximum absolute atomic E-state index is 13.8. The highest BCUT2D eigenvalue weighted by Gasteiger charge is 2.68. The van der Waals surface area contributed by atoms with Gasteiger partial charge in [-0.15, -0.1) is 0 Å². The Morgan fingerprint density at radius 2 is 1.78 bits per heavy atom. The van der Waals surface area contributed by atoms with E-state index in [0.29, 0.717) is 18.8 Å². The number of hydrogen-bond acceptors (Lipinski definition) is 4. The van der Waals surface area contributed by atoms with Crippen molar-refractivity contribution >= 4 is 11.9 Å². The normalized spacial score (nSPS) is 48.2. The summed E-state index contributed by atoms with van der Waals surface area (Å²) >= 11 is 0. The molecule has 3 aliphatic carbocycles. The molecule has 0 unspecified atom stereocenters. The molecule has 4 fully saturated rings. The Hall–Kier alpha value is -1.83. The highest BCUT2D eigenvalue weighted by Crippen LogP contribution is 2.71. The summed E-state index contributed by atoms with van der Waals surface area (Å²) < 4.78 is 5.26. The van der Waals surface area contributed by atoms with Gasteiger partial charge < -0.3 is 10.1 Å². The van der Waals surface area contributed by atoms with Crippen LogP contribution in [0.25, 0.3) is 0 Å². The summed E-state index contributed by atoms with van der Waals surface area (Å²) in [6, 6.07) is 2.43. The molecule has 1 heterocycles. The number of nitrogens with zero attached hydrogens (tertiary/aromatic N) is 1. The van der Waals surface area contributed by atoms with Gasteiger partial charge in [-0.05, 0) is 105 Å². The van der Waals surface area contributed by atoms with E-state index in [1.807, 2.05) is 0 Å². The number of fused-ring (bicyclic) bond motifs is 5. The van der Waals surface area contributed by atoms with Crippen LogP contribution in [0.4, 0.5) is 0 Å². The monoisotopic (exact) mass is 496 g/mol. The van der Waals surface area contributed by atoms with Gasteiger partial charge in [0.1, 0.15) is 0 Å². The van der Waals surface area contributed by atoms with Crippen molar-refractivity contribution in [2.24, 2.45) is 44.8 Å². The van der Waals surface area contributed by atoms with Crippen LogP contribution in [-0.4, -0.2) is 25.0 Å². The van der Waals surface area contributed by atoms with Crippen molar-refractivity contribution in [3.05, 3.63) is 12.2 Å². The molecule has 4 rings (SSSR count). The topological polar surface area (TPSA) is 79.2 Å². The molecule has 1 N–H and O–H groups in total. The van der Waals surface area contributed by atoms with Crippen molar-refractivity contribution in [1.29, 1.82) is 5.26 Å². The summed E-state index contributed by atoms with van der Waals surface area (Å²) in [7, 11) is 1.49. The minimum absolute atomic E-state index is 0.0321. The van der Waals surface area contributed by atoms with Crippen LogP contribution in [0.5, 0.6) is 0 Å². The first-order chi connectivity index (χ1) is 16.7. The number of amides is 1. The lowest BCUT2D eigenvalue weighted by Gasteiger charge is -2.67. The molecule has 0 spiro atoms. The fourth-order valence-corrected chi connectivity index (χ4v) is 9.85. The van der Waals surface area contributed by atoms with Crippen LogP contribution >= 0.6 is 0 Å². The summed E-state index contributed by atoms with van der Waals surface area (Å²) in [5.74, 6) is 0.761. The van der Waals surface area contributed by atoms with Gasteiger partial charge in [0.15, 0.2) is 0 Å². The number of carbonyl (C=O) groups is 2. The fraction of sp³-hybridized carbons (Fsp3) is 0.839. The van der Waals surface area contributed by atoms with E-state index in [2.05, 4.69) is 59.5 Å². The van der Waals surface area contributed by atoms with Crippen LogP contribution in [0.2, 0.25) is 0 Å².